The Hall–Kier alpha value is -7.92. The molecule has 11 N–H and O–H groups in total. The summed E-state index contributed by atoms with van der Waals surface area (Å²) in [6.45, 7) is 6.56. The van der Waals surface area contributed by atoms with Crippen LogP contribution < -0.4 is 43.4 Å². The Kier molecular flexibility index (Phi) is 22.1. The van der Waals surface area contributed by atoms with Gasteiger partial charge in [0.1, 0.15) is 42.3 Å². The van der Waals surface area contributed by atoms with Gasteiger partial charge in [-0.2, -0.15) is 0 Å². The summed E-state index contributed by atoms with van der Waals surface area (Å²) in [6.07, 6.45) is 1.46. The second kappa shape index (κ2) is 29.5. The molecule has 23 nitrogen and oxygen atoms in total. The highest BCUT2D eigenvalue weighted by atomic mass is 16.5. The first-order valence-corrected chi connectivity index (χ1v) is 28.1. The molecule has 4 aliphatic heterocycles. The van der Waals surface area contributed by atoms with Crippen molar-refractivity contribution >= 4 is 59.2 Å². The highest BCUT2D eigenvalue weighted by Gasteiger charge is 2.43. The summed E-state index contributed by atoms with van der Waals surface area (Å²) in [5.41, 5.74) is 16.0. The Balaban J connectivity index is 1.29. The van der Waals surface area contributed by atoms with Crippen molar-refractivity contribution in [3.63, 3.8) is 0 Å². The van der Waals surface area contributed by atoms with Gasteiger partial charge in [0, 0.05) is 72.0 Å². The molecular formula is C58H78N12O11. The molecule has 7 atom stereocenters. The predicted octanol–water partition coefficient (Wildman–Crippen LogP) is 0.431. The van der Waals surface area contributed by atoms with E-state index in [2.05, 4.69) is 41.8 Å². The monoisotopic (exact) mass is 1120 g/mol. The molecule has 4 aliphatic rings. The minimum Gasteiger partial charge on any atom is -0.480 e. The first kappa shape index (κ1) is 60.7. The molecule has 0 aromatic heterocycles. The van der Waals surface area contributed by atoms with E-state index in [1.54, 1.807) is 24.3 Å². The minimum absolute atomic E-state index is 0.0146. The number of unbranched alkanes of at least 4 members (excludes halogenated alkanes) is 1. The van der Waals surface area contributed by atoms with Gasteiger partial charge in [0.05, 0.1) is 19.6 Å². The van der Waals surface area contributed by atoms with Gasteiger partial charge in [0.15, 0.2) is 5.96 Å². The minimum atomic E-state index is -1.55. The first-order valence-electron chi connectivity index (χ1n) is 28.1. The van der Waals surface area contributed by atoms with E-state index in [4.69, 9.17) is 16.2 Å². The van der Waals surface area contributed by atoms with Crippen molar-refractivity contribution in [2.75, 3.05) is 39.4 Å². The van der Waals surface area contributed by atoms with Gasteiger partial charge in [-0.05, 0) is 71.9 Å². The lowest BCUT2D eigenvalue weighted by atomic mass is 9.91. The third-order valence-electron chi connectivity index (χ3n) is 15.2. The summed E-state index contributed by atoms with van der Waals surface area (Å²) in [7, 11) is 0. The number of rotatable bonds is 15. The number of nitrogens with one attached hydrogen (secondary N) is 6. The second-order valence-corrected chi connectivity index (χ2v) is 21.3. The van der Waals surface area contributed by atoms with E-state index in [-0.39, 0.29) is 89.9 Å². The Morgan fingerprint density at radius 1 is 0.741 bits per heavy atom. The number of ether oxygens (including phenoxy) is 1. The number of hydrogen-bond donors (Lipinski definition) is 9. The molecule has 23 heteroatoms. The zero-order valence-corrected chi connectivity index (χ0v) is 46.3. The van der Waals surface area contributed by atoms with E-state index in [1.165, 1.54) is 16.7 Å². The standard InChI is InChI=1S/C58H78N12O11/c1-3-4-16-43(63-36(2)71)51(73)67-47-32-50(72)61-23-10-9-17-45(57(79)80)65-53(75)48-30-39-12-5-7-14-41(39)34-69(48)55(77)44(18-11-24-62-58(59)60)64-52(74)46(29-37-19-21-38(22-20-37)33-68-25-27-81-28-26-68)66-54(76)49-31-40-13-6-8-15-42(40)35-70(49)56(47)78/h5-8,12-15,19-22,43-49H,3-4,9-11,16-18,23-35H2,1-2H3,(H,61,72)(H,63,71)(H,64,74)(H,65,75)(H,66,76)(H,67,73)(H,79,80)(H4,59,60,62)/t43-,44-,45-,46+,47-,48-,49-/m0/s1. The van der Waals surface area contributed by atoms with Crippen molar-refractivity contribution in [2.24, 2.45) is 16.5 Å². The summed E-state index contributed by atoms with van der Waals surface area (Å²) in [5, 5.41) is 27.0. The summed E-state index contributed by atoms with van der Waals surface area (Å²) in [4.78, 5) is 137. The van der Waals surface area contributed by atoms with Crippen LogP contribution in [0.25, 0.3) is 0 Å². The molecule has 0 bridgehead atoms. The number of carboxylic acid groups (broad SMARTS) is 1. The Bertz CT molecular complexity index is 2770. The van der Waals surface area contributed by atoms with Crippen molar-refractivity contribution in [3.8, 4) is 0 Å². The summed E-state index contributed by atoms with van der Waals surface area (Å²) >= 11 is 0. The summed E-state index contributed by atoms with van der Waals surface area (Å²) < 4.78 is 5.53. The lowest BCUT2D eigenvalue weighted by molar-refractivity contribution is -0.147. The number of carboxylic acids is 1. The van der Waals surface area contributed by atoms with E-state index in [0.29, 0.717) is 43.7 Å². The van der Waals surface area contributed by atoms with Crippen LogP contribution in [-0.4, -0.2) is 161 Å². The Morgan fingerprint density at radius 2 is 1.33 bits per heavy atom. The fourth-order valence-electron chi connectivity index (χ4n) is 10.8. The zero-order valence-electron chi connectivity index (χ0n) is 46.3. The van der Waals surface area contributed by atoms with E-state index < -0.39 is 102 Å². The van der Waals surface area contributed by atoms with Crippen molar-refractivity contribution in [3.05, 3.63) is 106 Å². The van der Waals surface area contributed by atoms with Gasteiger partial charge in [-0.1, -0.05) is 92.6 Å². The third kappa shape index (κ3) is 17.3. The maximum Gasteiger partial charge on any atom is 0.326 e. The molecule has 81 heavy (non-hydrogen) atoms. The SMILES string of the molecule is CCCC[C@H](NC(C)=O)C(=O)N[C@H]1CC(=O)NCCCC[C@@H](C(=O)O)NC(=O)[C@@H]2Cc3ccccc3CN2C(=O)[C@H](CCCN=C(N)N)NC(=O)[C@@H](Cc2ccc(CN3CCOCC3)cc2)NC(=O)[C@@H]2Cc3ccccc3CN2C1=O. The van der Waals surface area contributed by atoms with Crippen LogP contribution in [0.4, 0.5) is 0 Å². The molecular weight excluding hydrogens is 1040 g/mol. The molecule has 0 radical (unpaired) electrons. The quantitative estimate of drug-likeness (QED) is 0.0567. The zero-order chi connectivity index (χ0) is 58.0. The number of nitrogens with two attached hydrogens (primary N) is 2. The first-order chi connectivity index (χ1) is 39.0. The van der Waals surface area contributed by atoms with Crippen LogP contribution in [-0.2, 0) is 86.8 Å². The van der Waals surface area contributed by atoms with Gasteiger partial charge in [0.25, 0.3) is 0 Å². The average Bonchev–Trinajstić information content (AvgIpc) is 3.51. The number of hydrogen-bond acceptors (Lipinski definition) is 12. The van der Waals surface area contributed by atoms with E-state index in [0.717, 1.165) is 35.3 Å². The van der Waals surface area contributed by atoms with E-state index in [9.17, 15) is 29.1 Å². The number of aliphatic carboxylic acids is 1. The number of carbonyl (C=O) groups is 9. The van der Waals surface area contributed by atoms with Crippen LogP contribution in [0.3, 0.4) is 0 Å². The normalized spacial score (nSPS) is 23.1. The van der Waals surface area contributed by atoms with Crippen molar-refractivity contribution in [2.45, 2.75) is 153 Å². The molecule has 0 unspecified atom stereocenters. The van der Waals surface area contributed by atoms with Crippen molar-refractivity contribution in [1.29, 1.82) is 0 Å². The van der Waals surface area contributed by atoms with Crippen LogP contribution in [0.15, 0.2) is 77.8 Å². The van der Waals surface area contributed by atoms with Gasteiger partial charge in [-0.15, -0.1) is 0 Å². The fourth-order valence-corrected chi connectivity index (χ4v) is 10.8. The van der Waals surface area contributed by atoms with Gasteiger partial charge >= 0.3 is 5.97 Å². The fraction of sp³-hybridized carbons (Fsp3) is 0.517. The average molecular weight is 1120 g/mol. The number of fused-ring (bicyclic) bond motifs is 4. The lowest BCUT2D eigenvalue weighted by Gasteiger charge is -2.39. The number of morpholine rings is 1. The smallest absolute Gasteiger partial charge is 0.326 e. The molecule has 0 aliphatic carbocycles. The van der Waals surface area contributed by atoms with Crippen LogP contribution >= 0.6 is 0 Å². The Labute approximate surface area is 472 Å². The maximum absolute atomic E-state index is 15.3. The molecule has 4 heterocycles. The molecule has 8 amide bonds. The summed E-state index contributed by atoms with van der Waals surface area (Å²) in [5.74, 6) is -6.98. The molecule has 2 saturated heterocycles. The van der Waals surface area contributed by atoms with Gasteiger partial charge in [0.2, 0.25) is 47.3 Å². The van der Waals surface area contributed by atoms with E-state index >= 15 is 19.2 Å². The van der Waals surface area contributed by atoms with Crippen molar-refractivity contribution < 1.29 is 53.0 Å². The number of benzene rings is 3. The predicted molar refractivity (Wildman–Crippen MR) is 299 cm³/mol. The molecule has 2 fully saturated rings. The molecule has 3 aromatic rings. The number of nitrogens with zero attached hydrogens (tertiary/aromatic N) is 4. The number of amides is 8. The van der Waals surface area contributed by atoms with Crippen LogP contribution in [0.5, 0.6) is 0 Å². The number of carbonyl (C=O) groups excluding carboxylic acids is 8. The van der Waals surface area contributed by atoms with Crippen molar-refractivity contribution in [1.82, 2.24) is 46.6 Å². The topological polar surface area (TPSA) is 329 Å². The molecule has 3 aromatic carbocycles. The van der Waals surface area contributed by atoms with Crippen LogP contribution in [0.2, 0.25) is 0 Å². The highest BCUT2D eigenvalue weighted by Crippen LogP contribution is 2.28. The van der Waals surface area contributed by atoms with Gasteiger partial charge < -0.3 is 63.0 Å². The lowest BCUT2D eigenvalue weighted by Crippen LogP contribution is -2.62. The number of guanidine groups is 1. The largest absolute Gasteiger partial charge is 0.480 e. The van der Waals surface area contributed by atoms with Gasteiger partial charge in [-0.3, -0.25) is 48.2 Å². The molecule has 0 spiro atoms. The maximum atomic E-state index is 15.3. The second-order valence-electron chi connectivity index (χ2n) is 21.3. The van der Waals surface area contributed by atoms with E-state index in [1.807, 2.05) is 55.5 Å². The molecule has 436 valence electrons. The highest BCUT2D eigenvalue weighted by molar-refractivity contribution is 5.99. The van der Waals surface area contributed by atoms with Crippen LogP contribution in [0, 0.1) is 0 Å². The molecule has 7 rings (SSSR count). The third-order valence-corrected chi connectivity index (χ3v) is 15.2. The summed E-state index contributed by atoms with van der Waals surface area (Å²) in [6, 6.07) is 12.9. The van der Waals surface area contributed by atoms with Crippen LogP contribution in [0.1, 0.15) is 105 Å². The molecule has 0 saturated carbocycles. The van der Waals surface area contributed by atoms with Gasteiger partial charge in [-0.25, -0.2) is 4.79 Å². The number of aliphatic imine (C=N–C) groups is 1. The Morgan fingerprint density at radius 3 is 1.94 bits per heavy atom.